The number of hydrogen-bond donors (Lipinski definition) is 3. The van der Waals surface area contributed by atoms with Gasteiger partial charge in [0.2, 0.25) is 0 Å². The van der Waals surface area contributed by atoms with Gasteiger partial charge in [0.15, 0.2) is 0 Å². The largest absolute Gasteiger partial charge is 0.506 e. The van der Waals surface area contributed by atoms with Crippen LogP contribution in [0.3, 0.4) is 0 Å². The summed E-state index contributed by atoms with van der Waals surface area (Å²) in [6.45, 7) is 0. The Balaban J connectivity index is 2.24. The molecule has 0 bridgehead atoms. The van der Waals surface area contributed by atoms with E-state index in [1.807, 2.05) is 0 Å². The number of aromatic hydroxyl groups is 1. The summed E-state index contributed by atoms with van der Waals surface area (Å²) in [7, 11) is 0. The number of phenols is 1. The Labute approximate surface area is 113 Å². The molecular weight excluding hydrogens is 296 g/mol. The number of benzene rings is 2. The van der Waals surface area contributed by atoms with Crippen LogP contribution in [0.4, 0.5) is 11.4 Å². The van der Waals surface area contributed by atoms with Gasteiger partial charge < -0.3 is 16.2 Å². The van der Waals surface area contributed by atoms with Gasteiger partial charge in [-0.2, -0.15) is 0 Å². The van der Waals surface area contributed by atoms with E-state index in [9.17, 15) is 9.90 Å². The molecule has 5 heteroatoms. The number of amides is 1. The van der Waals surface area contributed by atoms with Gasteiger partial charge in [-0.25, -0.2) is 0 Å². The Morgan fingerprint density at radius 3 is 2.72 bits per heavy atom. The molecule has 1 amide bonds. The molecule has 0 aliphatic carbocycles. The van der Waals surface area contributed by atoms with Crippen LogP contribution in [-0.4, -0.2) is 11.0 Å². The van der Waals surface area contributed by atoms with E-state index in [0.717, 1.165) is 4.47 Å². The number of anilines is 2. The number of nitrogen functional groups attached to an aromatic ring is 1. The van der Waals surface area contributed by atoms with Crippen molar-refractivity contribution >= 4 is 33.2 Å². The Hall–Kier alpha value is -2.01. The monoisotopic (exact) mass is 306 g/mol. The van der Waals surface area contributed by atoms with Crippen molar-refractivity contribution in [3.05, 3.63) is 52.5 Å². The Morgan fingerprint density at radius 2 is 2.00 bits per heavy atom. The lowest BCUT2D eigenvalue weighted by Gasteiger charge is -2.08. The highest BCUT2D eigenvalue weighted by Crippen LogP contribution is 2.27. The summed E-state index contributed by atoms with van der Waals surface area (Å²) in [5, 5.41) is 12.2. The third kappa shape index (κ3) is 2.81. The van der Waals surface area contributed by atoms with E-state index in [0.29, 0.717) is 16.9 Å². The lowest BCUT2D eigenvalue weighted by atomic mass is 10.2. The summed E-state index contributed by atoms with van der Waals surface area (Å²) >= 11 is 3.27. The van der Waals surface area contributed by atoms with Crippen molar-refractivity contribution in [1.29, 1.82) is 0 Å². The van der Waals surface area contributed by atoms with E-state index in [1.54, 1.807) is 36.4 Å². The van der Waals surface area contributed by atoms with Gasteiger partial charge in [0, 0.05) is 15.7 Å². The van der Waals surface area contributed by atoms with Gasteiger partial charge in [-0.3, -0.25) is 4.79 Å². The minimum absolute atomic E-state index is 0.00968. The highest BCUT2D eigenvalue weighted by Gasteiger charge is 2.09. The fraction of sp³-hybridized carbons (Fsp3) is 0. The second-order valence-electron chi connectivity index (χ2n) is 3.74. The zero-order valence-electron chi connectivity index (χ0n) is 9.35. The molecule has 2 aromatic rings. The number of rotatable bonds is 2. The van der Waals surface area contributed by atoms with Crippen LogP contribution in [0.15, 0.2) is 46.9 Å². The molecule has 0 heterocycles. The van der Waals surface area contributed by atoms with Gasteiger partial charge in [0.25, 0.3) is 5.91 Å². The quantitative estimate of drug-likeness (QED) is 0.590. The molecule has 0 aromatic heterocycles. The molecular formula is C13H11BrN2O2. The molecule has 4 N–H and O–H groups in total. The summed E-state index contributed by atoms with van der Waals surface area (Å²) in [4.78, 5) is 11.9. The molecule has 0 radical (unpaired) electrons. The first-order valence-corrected chi connectivity index (χ1v) is 6.01. The van der Waals surface area contributed by atoms with E-state index in [2.05, 4.69) is 21.2 Å². The zero-order chi connectivity index (χ0) is 13.1. The molecule has 18 heavy (non-hydrogen) atoms. The molecule has 4 nitrogen and oxygen atoms in total. The van der Waals surface area contributed by atoms with Crippen LogP contribution in [0.1, 0.15) is 10.4 Å². The molecule has 0 fully saturated rings. The average molecular weight is 307 g/mol. The first kappa shape index (κ1) is 12.4. The second-order valence-corrected chi connectivity index (χ2v) is 4.66. The normalized spacial score (nSPS) is 10.1. The van der Waals surface area contributed by atoms with Gasteiger partial charge >= 0.3 is 0 Å². The SMILES string of the molecule is Nc1cccc(C(=O)Nc2cc(Br)ccc2O)c1. The van der Waals surface area contributed by atoms with E-state index in [4.69, 9.17) is 5.73 Å². The van der Waals surface area contributed by atoms with E-state index in [-0.39, 0.29) is 11.7 Å². The van der Waals surface area contributed by atoms with Crippen LogP contribution < -0.4 is 11.1 Å². The van der Waals surface area contributed by atoms with Crippen molar-refractivity contribution in [2.24, 2.45) is 0 Å². The van der Waals surface area contributed by atoms with Crippen molar-refractivity contribution in [1.82, 2.24) is 0 Å². The highest BCUT2D eigenvalue weighted by molar-refractivity contribution is 9.10. The van der Waals surface area contributed by atoms with Crippen LogP contribution in [0.2, 0.25) is 0 Å². The minimum Gasteiger partial charge on any atom is -0.506 e. The number of carbonyl (C=O) groups excluding carboxylic acids is 1. The number of nitrogens with one attached hydrogen (secondary N) is 1. The molecule has 2 rings (SSSR count). The molecule has 0 aliphatic heterocycles. The van der Waals surface area contributed by atoms with Crippen molar-refractivity contribution in [3.63, 3.8) is 0 Å². The first-order chi connectivity index (χ1) is 8.56. The Morgan fingerprint density at radius 1 is 1.22 bits per heavy atom. The average Bonchev–Trinajstić information content (AvgIpc) is 2.34. The standard InChI is InChI=1S/C13H11BrN2O2/c14-9-4-5-12(17)11(7-9)16-13(18)8-2-1-3-10(15)6-8/h1-7,17H,15H2,(H,16,18). The summed E-state index contributed by atoms with van der Waals surface area (Å²) < 4.78 is 0.767. The third-order valence-corrected chi connectivity index (χ3v) is 2.85. The molecule has 0 aliphatic rings. The Kier molecular flexibility index (Phi) is 3.53. The van der Waals surface area contributed by atoms with Crippen LogP contribution >= 0.6 is 15.9 Å². The lowest BCUT2D eigenvalue weighted by molar-refractivity contribution is 0.102. The predicted octanol–water partition coefficient (Wildman–Crippen LogP) is 2.99. The van der Waals surface area contributed by atoms with Crippen molar-refractivity contribution in [2.75, 3.05) is 11.1 Å². The van der Waals surface area contributed by atoms with E-state index >= 15 is 0 Å². The number of phenolic OH excluding ortho intramolecular Hbond substituents is 1. The maximum absolute atomic E-state index is 11.9. The molecule has 92 valence electrons. The van der Waals surface area contributed by atoms with Gasteiger partial charge in [0.1, 0.15) is 5.75 Å². The number of halogens is 1. The molecule has 0 atom stereocenters. The highest BCUT2D eigenvalue weighted by atomic mass is 79.9. The van der Waals surface area contributed by atoms with Gasteiger partial charge in [0.05, 0.1) is 5.69 Å². The number of nitrogens with two attached hydrogens (primary N) is 1. The minimum atomic E-state index is -0.323. The zero-order valence-corrected chi connectivity index (χ0v) is 10.9. The molecule has 0 spiro atoms. The van der Waals surface area contributed by atoms with Crippen LogP contribution in [0, 0.1) is 0 Å². The molecule has 0 saturated heterocycles. The maximum atomic E-state index is 11.9. The fourth-order valence-corrected chi connectivity index (χ4v) is 1.84. The van der Waals surface area contributed by atoms with E-state index < -0.39 is 0 Å². The second kappa shape index (κ2) is 5.10. The van der Waals surface area contributed by atoms with Crippen LogP contribution in [0.5, 0.6) is 5.75 Å². The third-order valence-electron chi connectivity index (χ3n) is 2.36. The summed E-state index contributed by atoms with van der Waals surface area (Å²) in [5.41, 5.74) is 6.91. The molecule has 2 aromatic carbocycles. The van der Waals surface area contributed by atoms with E-state index in [1.165, 1.54) is 6.07 Å². The fourth-order valence-electron chi connectivity index (χ4n) is 1.48. The molecule has 0 saturated carbocycles. The first-order valence-electron chi connectivity index (χ1n) is 5.21. The number of hydrogen-bond acceptors (Lipinski definition) is 3. The number of carbonyl (C=O) groups is 1. The maximum Gasteiger partial charge on any atom is 0.255 e. The molecule has 0 unspecified atom stereocenters. The van der Waals surface area contributed by atoms with Crippen molar-refractivity contribution in [3.8, 4) is 5.75 Å². The van der Waals surface area contributed by atoms with Gasteiger partial charge in [-0.05, 0) is 36.4 Å². The van der Waals surface area contributed by atoms with Crippen LogP contribution in [0.25, 0.3) is 0 Å². The van der Waals surface area contributed by atoms with Crippen molar-refractivity contribution < 1.29 is 9.90 Å². The Bertz CT molecular complexity index is 599. The topological polar surface area (TPSA) is 75.4 Å². The van der Waals surface area contributed by atoms with Gasteiger partial charge in [-0.15, -0.1) is 0 Å². The summed E-state index contributed by atoms with van der Waals surface area (Å²) in [6.07, 6.45) is 0. The van der Waals surface area contributed by atoms with Crippen LogP contribution in [-0.2, 0) is 0 Å². The predicted molar refractivity (Wildman–Crippen MR) is 74.6 cm³/mol. The lowest BCUT2D eigenvalue weighted by Crippen LogP contribution is -2.12. The smallest absolute Gasteiger partial charge is 0.255 e. The summed E-state index contributed by atoms with van der Waals surface area (Å²) in [5.74, 6) is -0.314. The van der Waals surface area contributed by atoms with Crippen molar-refractivity contribution in [2.45, 2.75) is 0 Å². The summed E-state index contributed by atoms with van der Waals surface area (Å²) in [6, 6.07) is 11.4. The van der Waals surface area contributed by atoms with Gasteiger partial charge in [-0.1, -0.05) is 22.0 Å².